The molecule has 0 atom stereocenters. The minimum atomic E-state index is -0.0730. The Bertz CT molecular complexity index is 982. The Balaban J connectivity index is 0.00000320. The van der Waals surface area contributed by atoms with E-state index >= 15 is 0 Å². The van der Waals surface area contributed by atoms with Crippen molar-refractivity contribution in [2.24, 2.45) is 4.99 Å². The molecule has 160 valence electrons. The van der Waals surface area contributed by atoms with Crippen LogP contribution in [0.15, 0.2) is 65.8 Å². The fraction of sp³-hybridized carbons (Fsp3) is 0.304. The Labute approximate surface area is 195 Å². The van der Waals surface area contributed by atoms with E-state index in [1.165, 1.54) is 17.8 Å². The lowest BCUT2D eigenvalue weighted by Crippen LogP contribution is -2.38. The van der Waals surface area contributed by atoms with Crippen molar-refractivity contribution >= 4 is 52.4 Å². The van der Waals surface area contributed by atoms with Gasteiger partial charge in [0.2, 0.25) is 5.91 Å². The maximum Gasteiger partial charge on any atom is 0.221 e. The van der Waals surface area contributed by atoms with Crippen LogP contribution in [0.2, 0.25) is 0 Å². The van der Waals surface area contributed by atoms with Crippen LogP contribution in [0.25, 0.3) is 10.9 Å². The van der Waals surface area contributed by atoms with E-state index in [0.717, 1.165) is 43.3 Å². The molecule has 0 aliphatic heterocycles. The molecule has 0 bridgehead atoms. The molecule has 1 aromatic heterocycles. The van der Waals surface area contributed by atoms with Crippen LogP contribution in [0.1, 0.15) is 25.8 Å². The number of hydrogen-bond donors (Lipinski definition) is 3. The predicted molar refractivity (Wildman–Crippen MR) is 136 cm³/mol. The molecule has 0 aliphatic rings. The molecule has 30 heavy (non-hydrogen) atoms. The van der Waals surface area contributed by atoms with Crippen LogP contribution in [0, 0.1) is 0 Å². The highest BCUT2D eigenvalue weighted by atomic mass is 127. The van der Waals surface area contributed by atoms with Gasteiger partial charge in [-0.2, -0.15) is 0 Å². The van der Waals surface area contributed by atoms with Crippen molar-refractivity contribution in [3.8, 4) is 0 Å². The van der Waals surface area contributed by atoms with Crippen molar-refractivity contribution in [2.45, 2.75) is 33.4 Å². The summed E-state index contributed by atoms with van der Waals surface area (Å²) in [6, 6.07) is 18.4. The van der Waals surface area contributed by atoms with Crippen LogP contribution in [0.3, 0.4) is 0 Å². The number of benzene rings is 2. The van der Waals surface area contributed by atoms with Crippen LogP contribution >= 0.6 is 24.0 Å². The molecule has 3 N–H and O–H groups in total. The second-order valence-electron chi connectivity index (χ2n) is 6.93. The SMILES string of the molecule is CCNC(=NCc1cccc(NC(C)=O)c1)NCCCn1ccc2ccccc21.I. The maximum absolute atomic E-state index is 11.2. The van der Waals surface area contributed by atoms with Gasteiger partial charge in [0.25, 0.3) is 0 Å². The lowest BCUT2D eigenvalue weighted by atomic mass is 10.2. The summed E-state index contributed by atoms with van der Waals surface area (Å²) in [5.41, 5.74) is 3.11. The van der Waals surface area contributed by atoms with Crippen molar-refractivity contribution in [2.75, 3.05) is 18.4 Å². The Morgan fingerprint density at radius 3 is 2.70 bits per heavy atom. The summed E-state index contributed by atoms with van der Waals surface area (Å²) in [6.07, 6.45) is 3.15. The van der Waals surface area contributed by atoms with Crippen LogP contribution in [-0.2, 0) is 17.9 Å². The Kier molecular flexibility index (Phi) is 9.66. The van der Waals surface area contributed by atoms with Gasteiger partial charge < -0.3 is 20.5 Å². The van der Waals surface area contributed by atoms with E-state index in [9.17, 15) is 4.79 Å². The van der Waals surface area contributed by atoms with Crippen molar-refractivity contribution < 1.29 is 4.79 Å². The minimum Gasteiger partial charge on any atom is -0.357 e. The molecule has 6 nitrogen and oxygen atoms in total. The standard InChI is InChI=1S/C23H29N5O.HI/c1-3-24-23(26-17-19-8-6-10-21(16-19)27-18(2)29)25-13-7-14-28-15-12-20-9-4-5-11-22(20)28;/h4-6,8-12,15-16H,3,7,13-14,17H2,1-2H3,(H,27,29)(H2,24,25,26);1H. The van der Waals surface area contributed by atoms with Crippen molar-refractivity contribution in [3.05, 3.63) is 66.4 Å². The van der Waals surface area contributed by atoms with E-state index in [0.29, 0.717) is 6.54 Å². The number of fused-ring (bicyclic) bond motifs is 1. The van der Waals surface area contributed by atoms with Gasteiger partial charge in [-0.05, 0) is 48.6 Å². The fourth-order valence-electron chi connectivity index (χ4n) is 3.25. The normalized spacial score (nSPS) is 11.1. The first-order valence-corrected chi connectivity index (χ1v) is 10.1. The molecule has 0 unspecified atom stereocenters. The van der Waals surface area contributed by atoms with Gasteiger partial charge in [0, 0.05) is 44.0 Å². The molecule has 3 aromatic rings. The number of anilines is 1. The van der Waals surface area contributed by atoms with Gasteiger partial charge in [-0.3, -0.25) is 4.79 Å². The number of amides is 1. The van der Waals surface area contributed by atoms with Gasteiger partial charge in [-0.15, -0.1) is 24.0 Å². The summed E-state index contributed by atoms with van der Waals surface area (Å²) in [5, 5.41) is 10.8. The van der Waals surface area contributed by atoms with E-state index in [2.05, 4.69) is 69.0 Å². The fourth-order valence-corrected chi connectivity index (χ4v) is 3.25. The first-order chi connectivity index (χ1) is 14.2. The number of para-hydroxylation sites is 1. The monoisotopic (exact) mass is 519 g/mol. The van der Waals surface area contributed by atoms with Gasteiger partial charge in [0.1, 0.15) is 0 Å². The number of guanidine groups is 1. The third kappa shape index (κ3) is 7.05. The van der Waals surface area contributed by atoms with Crippen LogP contribution in [0.4, 0.5) is 5.69 Å². The summed E-state index contributed by atoms with van der Waals surface area (Å²) in [5.74, 6) is 0.728. The highest BCUT2D eigenvalue weighted by Crippen LogP contribution is 2.15. The van der Waals surface area contributed by atoms with E-state index in [-0.39, 0.29) is 29.9 Å². The molecule has 2 aromatic carbocycles. The Morgan fingerprint density at radius 1 is 1.07 bits per heavy atom. The quantitative estimate of drug-likeness (QED) is 0.179. The summed E-state index contributed by atoms with van der Waals surface area (Å²) in [7, 11) is 0. The average Bonchev–Trinajstić information content (AvgIpc) is 3.12. The number of hydrogen-bond acceptors (Lipinski definition) is 2. The average molecular weight is 519 g/mol. The van der Waals surface area contributed by atoms with E-state index in [1.54, 1.807) is 0 Å². The number of aliphatic imine (C=N–C) groups is 1. The molecule has 0 radical (unpaired) electrons. The zero-order valence-electron chi connectivity index (χ0n) is 17.5. The van der Waals surface area contributed by atoms with Gasteiger partial charge in [-0.1, -0.05) is 30.3 Å². The molecule has 0 saturated carbocycles. The molecular formula is C23H30IN5O. The topological polar surface area (TPSA) is 70.4 Å². The molecular weight excluding hydrogens is 489 g/mol. The van der Waals surface area contributed by atoms with E-state index in [4.69, 9.17) is 0 Å². The first kappa shape index (κ1) is 23.7. The van der Waals surface area contributed by atoms with Crippen LogP contribution < -0.4 is 16.0 Å². The third-order valence-electron chi connectivity index (χ3n) is 4.56. The maximum atomic E-state index is 11.2. The zero-order chi connectivity index (χ0) is 20.5. The van der Waals surface area contributed by atoms with Crippen LogP contribution in [0.5, 0.6) is 0 Å². The molecule has 0 spiro atoms. The minimum absolute atomic E-state index is 0. The smallest absolute Gasteiger partial charge is 0.221 e. The number of carbonyl (C=O) groups is 1. The highest BCUT2D eigenvalue weighted by Gasteiger charge is 2.02. The predicted octanol–water partition coefficient (Wildman–Crippen LogP) is 4.36. The molecule has 7 heteroatoms. The molecule has 1 heterocycles. The van der Waals surface area contributed by atoms with E-state index in [1.807, 2.05) is 24.3 Å². The second kappa shape index (κ2) is 12.2. The number of nitrogens with one attached hydrogen (secondary N) is 3. The van der Waals surface area contributed by atoms with Crippen LogP contribution in [-0.4, -0.2) is 29.5 Å². The Morgan fingerprint density at radius 2 is 1.90 bits per heavy atom. The lowest BCUT2D eigenvalue weighted by molar-refractivity contribution is -0.114. The molecule has 0 aliphatic carbocycles. The van der Waals surface area contributed by atoms with E-state index < -0.39 is 0 Å². The second-order valence-corrected chi connectivity index (χ2v) is 6.93. The summed E-state index contributed by atoms with van der Waals surface area (Å²) in [6.45, 7) is 6.71. The van der Waals surface area contributed by atoms with Gasteiger partial charge in [0.15, 0.2) is 5.96 Å². The number of aryl methyl sites for hydroxylation is 1. The number of aromatic nitrogens is 1. The van der Waals surface area contributed by atoms with Gasteiger partial charge in [-0.25, -0.2) is 4.99 Å². The summed E-state index contributed by atoms with van der Waals surface area (Å²) < 4.78 is 2.29. The third-order valence-corrected chi connectivity index (χ3v) is 4.56. The summed E-state index contributed by atoms with van der Waals surface area (Å²) in [4.78, 5) is 15.9. The number of carbonyl (C=O) groups excluding carboxylic acids is 1. The summed E-state index contributed by atoms with van der Waals surface area (Å²) >= 11 is 0. The number of nitrogens with zero attached hydrogens (tertiary/aromatic N) is 2. The van der Waals surface area contributed by atoms with Crippen molar-refractivity contribution in [1.29, 1.82) is 0 Å². The lowest BCUT2D eigenvalue weighted by Gasteiger charge is -2.12. The molecule has 0 fully saturated rings. The highest BCUT2D eigenvalue weighted by molar-refractivity contribution is 14.0. The van der Waals surface area contributed by atoms with Gasteiger partial charge in [0.05, 0.1) is 6.54 Å². The first-order valence-electron chi connectivity index (χ1n) is 10.1. The molecule has 3 rings (SSSR count). The number of halogens is 1. The number of rotatable bonds is 8. The Hall–Kier alpha value is -2.55. The van der Waals surface area contributed by atoms with Gasteiger partial charge >= 0.3 is 0 Å². The van der Waals surface area contributed by atoms with Crippen molar-refractivity contribution in [1.82, 2.24) is 15.2 Å². The van der Waals surface area contributed by atoms with Crippen molar-refractivity contribution in [3.63, 3.8) is 0 Å². The zero-order valence-corrected chi connectivity index (χ0v) is 19.9. The molecule has 1 amide bonds. The largest absolute Gasteiger partial charge is 0.357 e. The molecule has 0 saturated heterocycles.